The molecule has 5 nitrogen and oxygen atoms in total. The standard InChI is InChI=1S/C24H26N2O3S/c1-17(2)14-15-29-22-7-5-4-6-19(22)10-13-23(27)26-24-25-21(16-30-24)18-8-11-20(28-3)12-9-18/h4-13,16-17H,14-15H2,1-3H3,(H,25,26,27)/b13-10-. The van der Waals surface area contributed by atoms with Gasteiger partial charge in [-0.1, -0.05) is 32.0 Å². The fraction of sp³-hybridized carbons (Fsp3) is 0.250. The van der Waals surface area contributed by atoms with Gasteiger partial charge in [-0.2, -0.15) is 0 Å². The molecule has 1 heterocycles. The average Bonchev–Trinajstić information content (AvgIpc) is 3.21. The second-order valence-corrected chi connectivity index (χ2v) is 8.02. The number of benzene rings is 2. The van der Waals surface area contributed by atoms with Gasteiger partial charge in [0.2, 0.25) is 5.91 Å². The van der Waals surface area contributed by atoms with Crippen molar-refractivity contribution in [3.8, 4) is 22.8 Å². The maximum absolute atomic E-state index is 12.3. The van der Waals surface area contributed by atoms with E-state index in [1.54, 1.807) is 13.2 Å². The largest absolute Gasteiger partial charge is 0.497 e. The summed E-state index contributed by atoms with van der Waals surface area (Å²) < 4.78 is 11.0. The molecule has 0 aliphatic heterocycles. The zero-order chi connectivity index (χ0) is 21.3. The molecule has 1 N–H and O–H groups in total. The zero-order valence-corrected chi connectivity index (χ0v) is 18.2. The second-order valence-electron chi connectivity index (χ2n) is 7.16. The molecule has 0 fully saturated rings. The van der Waals surface area contributed by atoms with Crippen LogP contribution in [0.15, 0.2) is 60.0 Å². The minimum absolute atomic E-state index is 0.234. The first-order valence-electron chi connectivity index (χ1n) is 9.86. The fourth-order valence-electron chi connectivity index (χ4n) is 2.69. The van der Waals surface area contributed by atoms with Gasteiger partial charge < -0.3 is 9.47 Å². The number of thiazole rings is 1. The predicted octanol–water partition coefficient (Wildman–Crippen LogP) is 5.90. The lowest BCUT2D eigenvalue weighted by atomic mass is 10.1. The fourth-order valence-corrected chi connectivity index (χ4v) is 3.41. The topological polar surface area (TPSA) is 60.5 Å². The van der Waals surface area contributed by atoms with Gasteiger partial charge in [-0.25, -0.2) is 4.98 Å². The highest BCUT2D eigenvalue weighted by atomic mass is 32.1. The third-order valence-corrected chi connectivity index (χ3v) is 5.16. The Hall–Kier alpha value is -3.12. The third kappa shape index (κ3) is 6.19. The molecule has 0 aliphatic rings. The lowest BCUT2D eigenvalue weighted by molar-refractivity contribution is -0.111. The molecule has 0 saturated carbocycles. The average molecular weight is 423 g/mol. The van der Waals surface area contributed by atoms with E-state index in [1.807, 2.05) is 53.9 Å². The van der Waals surface area contributed by atoms with E-state index in [9.17, 15) is 4.79 Å². The van der Waals surface area contributed by atoms with Crippen LogP contribution in [0.4, 0.5) is 5.13 Å². The number of hydrogen-bond acceptors (Lipinski definition) is 5. The van der Waals surface area contributed by atoms with E-state index in [4.69, 9.17) is 9.47 Å². The Morgan fingerprint density at radius 3 is 2.67 bits per heavy atom. The van der Waals surface area contributed by atoms with Gasteiger partial charge in [0.25, 0.3) is 0 Å². The summed E-state index contributed by atoms with van der Waals surface area (Å²) in [7, 11) is 1.63. The highest BCUT2D eigenvalue weighted by molar-refractivity contribution is 7.14. The summed E-state index contributed by atoms with van der Waals surface area (Å²) >= 11 is 1.39. The van der Waals surface area contributed by atoms with E-state index in [0.29, 0.717) is 17.7 Å². The molecule has 3 aromatic rings. The Bertz CT molecular complexity index is 994. The number of hydrogen-bond donors (Lipinski definition) is 1. The number of amides is 1. The molecule has 0 aliphatic carbocycles. The van der Waals surface area contributed by atoms with E-state index in [1.165, 1.54) is 17.4 Å². The third-order valence-electron chi connectivity index (χ3n) is 4.41. The predicted molar refractivity (Wildman–Crippen MR) is 123 cm³/mol. The first kappa shape index (κ1) is 21.6. The molecule has 0 atom stereocenters. The smallest absolute Gasteiger partial charge is 0.250 e. The summed E-state index contributed by atoms with van der Waals surface area (Å²) in [6.07, 6.45) is 4.25. The summed E-state index contributed by atoms with van der Waals surface area (Å²) in [5, 5.41) is 5.29. The number of ether oxygens (including phenoxy) is 2. The van der Waals surface area contributed by atoms with E-state index >= 15 is 0 Å². The van der Waals surface area contributed by atoms with Crippen LogP contribution in [0.3, 0.4) is 0 Å². The van der Waals surface area contributed by atoms with E-state index in [-0.39, 0.29) is 5.91 Å². The molecule has 1 amide bonds. The highest BCUT2D eigenvalue weighted by Crippen LogP contribution is 2.26. The Morgan fingerprint density at radius 1 is 1.17 bits per heavy atom. The minimum Gasteiger partial charge on any atom is -0.497 e. The van der Waals surface area contributed by atoms with Crippen molar-refractivity contribution in [2.75, 3.05) is 19.0 Å². The van der Waals surface area contributed by atoms with Crippen LogP contribution in [0, 0.1) is 5.92 Å². The maximum Gasteiger partial charge on any atom is 0.250 e. The van der Waals surface area contributed by atoms with Crippen LogP contribution in [-0.2, 0) is 4.79 Å². The van der Waals surface area contributed by atoms with E-state index in [2.05, 4.69) is 24.1 Å². The number of carbonyl (C=O) groups excluding carboxylic acids is 1. The quantitative estimate of drug-likeness (QED) is 0.437. The minimum atomic E-state index is -0.234. The number of nitrogens with one attached hydrogen (secondary N) is 1. The Balaban J connectivity index is 1.61. The molecular formula is C24H26N2O3S. The highest BCUT2D eigenvalue weighted by Gasteiger charge is 2.07. The summed E-state index contributed by atoms with van der Waals surface area (Å²) in [5.74, 6) is 1.92. The molecule has 3 rings (SSSR count). The van der Waals surface area contributed by atoms with Crippen LogP contribution in [-0.4, -0.2) is 24.6 Å². The molecule has 30 heavy (non-hydrogen) atoms. The van der Waals surface area contributed by atoms with Crippen LogP contribution in [0.5, 0.6) is 11.5 Å². The molecular weight excluding hydrogens is 396 g/mol. The van der Waals surface area contributed by atoms with E-state index < -0.39 is 0 Å². The van der Waals surface area contributed by atoms with Crippen molar-refractivity contribution >= 4 is 28.5 Å². The monoisotopic (exact) mass is 422 g/mol. The zero-order valence-electron chi connectivity index (χ0n) is 17.4. The molecule has 0 radical (unpaired) electrons. The van der Waals surface area contributed by atoms with E-state index in [0.717, 1.165) is 34.7 Å². The van der Waals surface area contributed by atoms with Crippen LogP contribution < -0.4 is 14.8 Å². The molecule has 0 saturated heterocycles. The molecule has 0 spiro atoms. The van der Waals surface area contributed by atoms with Crippen molar-refractivity contribution in [3.05, 3.63) is 65.6 Å². The van der Waals surface area contributed by atoms with Crippen molar-refractivity contribution in [1.82, 2.24) is 4.98 Å². The number of rotatable bonds is 9. The number of para-hydroxylation sites is 1. The van der Waals surface area contributed by atoms with Gasteiger partial charge in [0, 0.05) is 22.6 Å². The van der Waals surface area contributed by atoms with Crippen LogP contribution in [0.1, 0.15) is 25.8 Å². The van der Waals surface area contributed by atoms with Gasteiger partial charge in [0.1, 0.15) is 11.5 Å². The van der Waals surface area contributed by atoms with Gasteiger partial charge in [-0.15, -0.1) is 11.3 Å². The summed E-state index contributed by atoms with van der Waals surface area (Å²) in [6.45, 7) is 4.98. The first-order chi connectivity index (χ1) is 14.5. The van der Waals surface area contributed by atoms with Gasteiger partial charge >= 0.3 is 0 Å². The van der Waals surface area contributed by atoms with Crippen LogP contribution >= 0.6 is 11.3 Å². The lowest BCUT2D eigenvalue weighted by Gasteiger charge is -2.10. The van der Waals surface area contributed by atoms with Gasteiger partial charge in [0.15, 0.2) is 5.13 Å². The van der Waals surface area contributed by atoms with Crippen molar-refractivity contribution < 1.29 is 14.3 Å². The van der Waals surface area contributed by atoms with Crippen molar-refractivity contribution in [2.24, 2.45) is 5.92 Å². The first-order valence-corrected chi connectivity index (χ1v) is 10.7. The maximum atomic E-state index is 12.3. The van der Waals surface area contributed by atoms with Crippen molar-refractivity contribution in [3.63, 3.8) is 0 Å². The molecule has 156 valence electrons. The molecule has 0 unspecified atom stereocenters. The lowest BCUT2D eigenvalue weighted by Crippen LogP contribution is -2.07. The Labute approximate surface area is 181 Å². The summed E-state index contributed by atoms with van der Waals surface area (Å²) in [4.78, 5) is 16.8. The molecule has 0 bridgehead atoms. The van der Waals surface area contributed by atoms with Crippen LogP contribution in [0.25, 0.3) is 17.3 Å². The number of carbonyl (C=O) groups is 1. The van der Waals surface area contributed by atoms with Crippen molar-refractivity contribution in [2.45, 2.75) is 20.3 Å². The summed E-state index contributed by atoms with van der Waals surface area (Å²) in [5.41, 5.74) is 2.65. The number of nitrogens with zero attached hydrogens (tertiary/aromatic N) is 1. The Morgan fingerprint density at radius 2 is 1.93 bits per heavy atom. The molecule has 1 aromatic heterocycles. The Kier molecular flexibility index (Phi) is 7.63. The van der Waals surface area contributed by atoms with Crippen molar-refractivity contribution in [1.29, 1.82) is 0 Å². The number of anilines is 1. The molecule has 6 heteroatoms. The number of aromatic nitrogens is 1. The van der Waals surface area contributed by atoms with Gasteiger partial charge in [-0.05, 0) is 48.7 Å². The molecule has 2 aromatic carbocycles. The number of methoxy groups -OCH3 is 1. The van der Waals surface area contributed by atoms with Gasteiger partial charge in [0.05, 0.1) is 19.4 Å². The SMILES string of the molecule is COc1ccc(-c2csc(NC(=O)/C=C\c3ccccc3OCCC(C)C)n2)cc1. The second kappa shape index (κ2) is 10.6. The summed E-state index contributed by atoms with van der Waals surface area (Å²) in [6, 6.07) is 15.4. The van der Waals surface area contributed by atoms with Crippen LogP contribution in [0.2, 0.25) is 0 Å². The normalized spacial score (nSPS) is 11.1. The van der Waals surface area contributed by atoms with Gasteiger partial charge in [-0.3, -0.25) is 10.1 Å².